The molecule has 4 nitrogen and oxygen atoms in total. The number of carbonyl (C=O) groups excluding carboxylic acids is 1. The van der Waals surface area contributed by atoms with Gasteiger partial charge in [0.15, 0.2) is 0 Å². The van der Waals surface area contributed by atoms with Crippen LogP contribution in [-0.2, 0) is 15.1 Å². The Kier molecular flexibility index (Phi) is 8.59. The van der Waals surface area contributed by atoms with Crippen LogP contribution in [0, 0.1) is 0 Å². The number of thioether (sulfide) groups is 1. The number of carbonyl (C=O) groups is 1. The van der Waals surface area contributed by atoms with Crippen LogP contribution >= 0.6 is 11.8 Å². The average molecular weight is 532 g/mol. The maximum Gasteiger partial charge on any atom is 0.410 e. The van der Waals surface area contributed by atoms with Gasteiger partial charge in [0.25, 0.3) is 0 Å². The van der Waals surface area contributed by atoms with Crippen LogP contribution in [0.2, 0.25) is 0 Å². The molecule has 0 radical (unpaired) electrons. The first-order chi connectivity index (χ1) is 18.0. The van der Waals surface area contributed by atoms with Gasteiger partial charge in [-0.2, -0.15) is 11.8 Å². The van der Waals surface area contributed by atoms with Crippen molar-refractivity contribution in [2.24, 2.45) is 0 Å². The Labute approximate surface area is 232 Å². The first kappa shape index (κ1) is 28.3. The number of amides is 1. The molecule has 1 heterocycles. The second-order valence-corrected chi connectivity index (χ2v) is 14.1. The molecule has 0 N–H and O–H groups in total. The molecule has 202 valence electrons. The number of likely N-dealkylation sites (tertiary alicyclic amines) is 1. The number of rotatable bonds is 7. The van der Waals surface area contributed by atoms with Crippen molar-refractivity contribution in [1.29, 1.82) is 0 Å². The zero-order chi connectivity index (χ0) is 27.4. The molecule has 5 heteroatoms. The quantitative estimate of drug-likeness (QED) is 0.291. The summed E-state index contributed by atoms with van der Waals surface area (Å²) in [6.07, 6.45) is 0.586. The predicted octanol–water partition coefficient (Wildman–Crippen LogP) is 7.90. The Morgan fingerprint density at radius 2 is 1.24 bits per heavy atom. The predicted molar refractivity (Wildman–Crippen MR) is 158 cm³/mol. The molecule has 38 heavy (non-hydrogen) atoms. The fourth-order valence-electron chi connectivity index (χ4n) is 5.15. The highest BCUT2D eigenvalue weighted by molar-refractivity contribution is 8.01. The summed E-state index contributed by atoms with van der Waals surface area (Å²) >= 11 is 1.92. The third-order valence-corrected chi connectivity index (χ3v) is 7.94. The Hall–Kier alpha value is -2.76. The van der Waals surface area contributed by atoms with Crippen molar-refractivity contribution in [1.82, 2.24) is 4.90 Å². The summed E-state index contributed by atoms with van der Waals surface area (Å²) in [7, 11) is 0. The zero-order valence-corrected chi connectivity index (χ0v) is 24.3. The summed E-state index contributed by atoms with van der Waals surface area (Å²) in [6.45, 7) is 13.5. The van der Waals surface area contributed by atoms with Gasteiger partial charge >= 0.3 is 6.09 Å². The van der Waals surface area contributed by atoms with E-state index in [4.69, 9.17) is 9.47 Å². The molecule has 1 saturated heterocycles. The van der Waals surface area contributed by atoms with Gasteiger partial charge < -0.3 is 14.4 Å². The van der Waals surface area contributed by atoms with Crippen LogP contribution in [0.25, 0.3) is 0 Å². The first-order valence-electron chi connectivity index (χ1n) is 13.5. The van der Waals surface area contributed by atoms with E-state index in [1.165, 1.54) is 0 Å². The van der Waals surface area contributed by atoms with Crippen LogP contribution in [0.4, 0.5) is 4.79 Å². The summed E-state index contributed by atoms with van der Waals surface area (Å²) in [5, 5.41) is 0.315. The van der Waals surface area contributed by atoms with Gasteiger partial charge in [-0.05, 0) is 43.9 Å². The van der Waals surface area contributed by atoms with Gasteiger partial charge in [-0.3, -0.25) is 0 Å². The van der Waals surface area contributed by atoms with Gasteiger partial charge in [-0.25, -0.2) is 4.79 Å². The highest BCUT2D eigenvalue weighted by Gasteiger charge is 2.43. The minimum atomic E-state index is -0.821. The van der Waals surface area contributed by atoms with Crippen LogP contribution < -0.4 is 0 Å². The molecule has 1 aliphatic rings. The summed E-state index contributed by atoms with van der Waals surface area (Å²) in [5.74, 6) is 0. The third-order valence-electron chi connectivity index (χ3n) is 6.56. The number of ether oxygens (including phenoxy) is 2. The normalized spacial score (nSPS) is 18.4. The summed E-state index contributed by atoms with van der Waals surface area (Å²) < 4.78 is 13.0. The van der Waals surface area contributed by atoms with Crippen LogP contribution in [0.15, 0.2) is 91.0 Å². The van der Waals surface area contributed by atoms with E-state index in [1.807, 2.05) is 55.6 Å². The van der Waals surface area contributed by atoms with E-state index in [2.05, 4.69) is 93.6 Å². The lowest BCUT2D eigenvalue weighted by Gasteiger charge is -2.38. The molecule has 0 aliphatic carbocycles. The molecule has 0 saturated carbocycles. The molecule has 3 aromatic rings. The Morgan fingerprint density at radius 3 is 1.63 bits per heavy atom. The molecule has 1 fully saturated rings. The SMILES string of the molecule is CC(C)(C)OC(=O)N1C[C@H](SC(C)(C)C)C[C@H]1COC(c1ccccc1)(c1ccccc1)c1ccccc1. The molecule has 0 spiro atoms. The number of hydrogen-bond acceptors (Lipinski definition) is 4. The summed E-state index contributed by atoms with van der Waals surface area (Å²) in [5.41, 5.74) is 1.79. The molecule has 0 unspecified atom stereocenters. The van der Waals surface area contributed by atoms with E-state index < -0.39 is 11.2 Å². The van der Waals surface area contributed by atoms with Crippen molar-refractivity contribution in [3.63, 3.8) is 0 Å². The van der Waals surface area contributed by atoms with E-state index in [9.17, 15) is 4.79 Å². The van der Waals surface area contributed by atoms with Crippen molar-refractivity contribution in [3.8, 4) is 0 Å². The minimum Gasteiger partial charge on any atom is -0.444 e. The summed E-state index contributed by atoms with van der Waals surface area (Å²) in [6, 6.07) is 31.0. The van der Waals surface area contributed by atoms with Gasteiger partial charge in [0.05, 0.1) is 12.6 Å². The Morgan fingerprint density at radius 1 is 0.789 bits per heavy atom. The molecular formula is C33H41NO3S. The van der Waals surface area contributed by atoms with Gasteiger partial charge in [0, 0.05) is 16.5 Å². The number of nitrogens with zero attached hydrogens (tertiary/aromatic N) is 1. The zero-order valence-electron chi connectivity index (χ0n) is 23.5. The highest BCUT2D eigenvalue weighted by Crippen LogP contribution is 2.42. The highest BCUT2D eigenvalue weighted by atomic mass is 32.2. The standard InChI is InChI=1S/C33H41NO3S/c1-31(2,3)37-30(35)34-23-29(38-32(4,5)6)22-28(34)24-36-33(25-16-10-7-11-17-25,26-18-12-8-13-19-26)27-20-14-9-15-21-27/h7-21,28-29H,22-24H2,1-6H3/t28-,29+/m0/s1. The lowest BCUT2D eigenvalue weighted by Crippen LogP contribution is -2.44. The largest absolute Gasteiger partial charge is 0.444 e. The van der Waals surface area contributed by atoms with Crippen molar-refractivity contribution in [2.75, 3.05) is 13.2 Å². The average Bonchev–Trinajstić information content (AvgIpc) is 3.26. The maximum atomic E-state index is 13.4. The monoisotopic (exact) mass is 531 g/mol. The fraction of sp³-hybridized carbons (Fsp3) is 0.424. The second kappa shape index (κ2) is 11.5. The van der Waals surface area contributed by atoms with E-state index >= 15 is 0 Å². The molecule has 3 aromatic carbocycles. The maximum absolute atomic E-state index is 13.4. The smallest absolute Gasteiger partial charge is 0.410 e. The first-order valence-corrected chi connectivity index (χ1v) is 14.3. The molecule has 0 aromatic heterocycles. The lowest BCUT2D eigenvalue weighted by atomic mass is 9.80. The molecule has 1 aliphatic heterocycles. The van der Waals surface area contributed by atoms with Crippen molar-refractivity contribution >= 4 is 17.9 Å². The van der Waals surface area contributed by atoms with Crippen molar-refractivity contribution in [3.05, 3.63) is 108 Å². The minimum absolute atomic E-state index is 0.0970. The molecule has 1 amide bonds. The fourth-order valence-corrected chi connectivity index (χ4v) is 6.70. The Bertz CT molecular complexity index is 1070. The third kappa shape index (κ3) is 6.81. The van der Waals surface area contributed by atoms with Crippen LogP contribution in [0.5, 0.6) is 0 Å². The van der Waals surface area contributed by atoms with E-state index in [0.29, 0.717) is 18.4 Å². The lowest BCUT2D eigenvalue weighted by molar-refractivity contribution is -0.0251. The molecular weight excluding hydrogens is 490 g/mol. The van der Waals surface area contributed by atoms with Crippen LogP contribution in [-0.4, -0.2) is 45.8 Å². The Balaban J connectivity index is 1.72. The molecule has 0 bridgehead atoms. The van der Waals surface area contributed by atoms with E-state index in [1.54, 1.807) is 0 Å². The van der Waals surface area contributed by atoms with Crippen molar-refractivity contribution in [2.45, 2.75) is 75.2 Å². The van der Waals surface area contributed by atoms with Crippen molar-refractivity contribution < 1.29 is 14.3 Å². The second-order valence-electron chi connectivity index (χ2n) is 12.0. The topological polar surface area (TPSA) is 38.8 Å². The number of hydrogen-bond donors (Lipinski definition) is 0. The van der Waals surface area contributed by atoms with Crippen LogP contribution in [0.3, 0.4) is 0 Å². The van der Waals surface area contributed by atoms with Gasteiger partial charge in [-0.1, -0.05) is 112 Å². The van der Waals surface area contributed by atoms with E-state index in [-0.39, 0.29) is 16.9 Å². The molecule has 4 rings (SSSR count). The van der Waals surface area contributed by atoms with Gasteiger partial charge in [0.1, 0.15) is 11.2 Å². The van der Waals surface area contributed by atoms with Crippen LogP contribution in [0.1, 0.15) is 64.7 Å². The van der Waals surface area contributed by atoms with Gasteiger partial charge in [0.2, 0.25) is 0 Å². The summed E-state index contributed by atoms with van der Waals surface area (Å²) in [4.78, 5) is 15.2. The van der Waals surface area contributed by atoms with E-state index in [0.717, 1.165) is 23.1 Å². The number of benzene rings is 3. The van der Waals surface area contributed by atoms with Gasteiger partial charge in [-0.15, -0.1) is 0 Å². The molecule has 2 atom stereocenters.